The number of H-pyrrole nitrogens is 2. The molecule has 0 spiro atoms. The molecule has 0 unspecified atom stereocenters. The smallest absolute Gasteiger partial charge is 0.256 e. The number of nitrogens with one attached hydrogen (secondary N) is 3. The summed E-state index contributed by atoms with van der Waals surface area (Å²) in [6.45, 7) is 0.384. The first-order valence-corrected chi connectivity index (χ1v) is 11.3. The van der Waals surface area contributed by atoms with E-state index in [4.69, 9.17) is 4.98 Å². The fourth-order valence-corrected chi connectivity index (χ4v) is 5.01. The van der Waals surface area contributed by atoms with Crippen LogP contribution in [-0.4, -0.2) is 25.8 Å². The Morgan fingerprint density at radius 2 is 1.97 bits per heavy atom. The van der Waals surface area contributed by atoms with Gasteiger partial charge in [-0.3, -0.25) is 14.6 Å². The van der Waals surface area contributed by atoms with Crippen molar-refractivity contribution in [1.82, 2.24) is 25.3 Å². The van der Waals surface area contributed by atoms with E-state index in [-0.39, 0.29) is 11.5 Å². The zero-order valence-electron chi connectivity index (χ0n) is 18.0. The van der Waals surface area contributed by atoms with Gasteiger partial charge in [0.1, 0.15) is 5.82 Å². The van der Waals surface area contributed by atoms with Crippen LogP contribution in [0.2, 0.25) is 0 Å². The number of fused-ring (bicyclic) bond motifs is 6. The van der Waals surface area contributed by atoms with Crippen LogP contribution in [0.25, 0.3) is 32.6 Å². The number of carbonyl (C=O) groups is 1. The molecule has 0 saturated heterocycles. The van der Waals surface area contributed by atoms with Gasteiger partial charge in [-0.25, -0.2) is 4.98 Å². The van der Waals surface area contributed by atoms with Gasteiger partial charge in [-0.2, -0.15) is 0 Å². The Balaban J connectivity index is 1.49. The molecule has 0 radical (unpaired) electrons. The zero-order chi connectivity index (χ0) is 22.4. The van der Waals surface area contributed by atoms with Gasteiger partial charge in [0.05, 0.1) is 16.4 Å². The van der Waals surface area contributed by atoms with Gasteiger partial charge in [0.25, 0.3) is 11.5 Å². The van der Waals surface area contributed by atoms with E-state index >= 15 is 0 Å². The van der Waals surface area contributed by atoms with Gasteiger partial charge in [0, 0.05) is 47.4 Å². The summed E-state index contributed by atoms with van der Waals surface area (Å²) in [6.07, 6.45) is 9.81. The minimum Gasteiger partial charge on any atom is -0.348 e. The van der Waals surface area contributed by atoms with E-state index in [0.717, 1.165) is 51.4 Å². The van der Waals surface area contributed by atoms with Gasteiger partial charge in [0.2, 0.25) is 0 Å². The molecule has 7 nitrogen and oxygen atoms in total. The van der Waals surface area contributed by atoms with Gasteiger partial charge >= 0.3 is 0 Å². The number of hydrogen-bond donors (Lipinski definition) is 3. The molecule has 5 aromatic rings. The molecule has 1 amide bonds. The Hall–Kier alpha value is -4.00. The number of carbonyl (C=O) groups excluding carboxylic acids is 1. The molecule has 1 aliphatic carbocycles. The third-order valence-electron chi connectivity index (χ3n) is 6.68. The molecule has 7 heteroatoms. The minimum atomic E-state index is -0.199. The lowest BCUT2D eigenvalue weighted by molar-refractivity contribution is 0.0951. The molecule has 1 saturated carbocycles. The maximum atomic E-state index is 12.9. The van der Waals surface area contributed by atoms with Crippen molar-refractivity contribution in [1.29, 1.82) is 0 Å². The normalized spacial score (nSPS) is 14.4. The predicted octanol–water partition coefficient (Wildman–Crippen LogP) is 4.54. The third kappa shape index (κ3) is 3.36. The first-order chi connectivity index (χ1) is 16.2. The third-order valence-corrected chi connectivity index (χ3v) is 6.68. The summed E-state index contributed by atoms with van der Waals surface area (Å²) < 4.78 is 0. The molecule has 0 bridgehead atoms. The van der Waals surface area contributed by atoms with Crippen molar-refractivity contribution < 1.29 is 4.79 Å². The Morgan fingerprint density at radius 1 is 1.09 bits per heavy atom. The highest BCUT2D eigenvalue weighted by Crippen LogP contribution is 2.37. The average Bonchev–Trinajstić information content (AvgIpc) is 3.53. The highest BCUT2D eigenvalue weighted by atomic mass is 16.1. The maximum Gasteiger partial charge on any atom is 0.256 e. The molecule has 164 valence electrons. The Labute approximate surface area is 189 Å². The van der Waals surface area contributed by atoms with E-state index in [9.17, 15) is 9.59 Å². The zero-order valence-corrected chi connectivity index (χ0v) is 18.0. The minimum absolute atomic E-state index is 0.177. The molecule has 6 rings (SSSR count). The van der Waals surface area contributed by atoms with Crippen molar-refractivity contribution in [3.63, 3.8) is 0 Å². The molecule has 2 aromatic carbocycles. The van der Waals surface area contributed by atoms with Crippen molar-refractivity contribution in [2.45, 2.75) is 38.1 Å². The first kappa shape index (κ1) is 19.7. The molecule has 0 aliphatic heterocycles. The van der Waals surface area contributed by atoms with Crippen molar-refractivity contribution in [2.24, 2.45) is 0 Å². The average molecular weight is 438 g/mol. The van der Waals surface area contributed by atoms with E-state index in [2.05, 4.69) is 20.3 Å². The molecule has 3 heterocycles. The summed E-state index contributed by atoms with van der Waals surface area (Å²) in [5, 5.41) is 5.94. The van der Waals surface area contributed by atoms with Crippen LogP contribution in [0.4, 0.5) is 0 Å². The molecule has 0 atom stereocenters. The number of rotatable bonds is 4. The van der Waals surface area contributed by atoms with Crippen LogP contribution in [-0.2, 0) is 6.54 Å². The van der Waals surface area contributed by atoms with Crippen LogP contribution in [0.1, 0.15) is 53.3 Å². The summed E-state index contributed by atoms with van der Waals surface area (Å²) >= 11 is 0. The van der Waals surface area contributed by atoms with Crippen molar-refractivity contribution in [3.05, 3.63) is 82.3 Å². The van der Waals surface area contributed by atoms with Crippen molar-refractivity contribution in [2.75, 3.05) is 0 Å². The number of imidazole rings is 1. The SMILES string of the molecule is O=C(NCc1cccnc1)c1ccc2c(c1)c1c(=O)[nH]ccc1c1[nH]c(C3CCCC3)nc21. The quantitative estimate of drug-likeness (QED) is 0.359. The summed E-state index contributed by atoms with van der Waals surface area (Å²) in [5.74, 6) is 1.23. The lowest BCUT2D eigenvalue weighted by atomic mass is 9.99. The highest BCUT2D eigenvalue weighted by molar-refractivity contribution is 6.23. The number of amides is 1. The van der Waals surface area contributed by atoms with E-state index in [0.29, 0.717) is 23.4 Å². The van der Waals surface area contributed by atoms with Crippen LogP contribution in [0, 0.1) is 0 Å². The summed E-state index contributed by atoms with van der Waals surface area (Å²) in [6, 6.07) is 11.2. The maximum absolute atomic E-state index is 12.9. The molecule has 1 aliphatic rings. The lowest BCUT2D eigenvalue weighted by Crippen LogP contribution is -2.22. The van der Waals surface area contributed by atoms with Crippen molar-refractivity contribution >= 4 is 38.5 Å². The Morgan fingerprint density at radius 3 is 2.79 bits per heavy atom. The molecular formula is C26H23N5O2. The molecule has 3 N–H and O–H groups in total. The standard InChI is InChI=1S/C26H23N5O2/c32-25(29-14-15-4-3-10-27-13-15)17-7-8-18-20(12-17)21-19(9-11-28-26(21)33)23-22(18)30-24(31-23)16-5-1-2-6-16/h3-4,7-13,16H,1-2,5-6,14H2,(H,28,33)(H,29,32)(H,30,31). The summed E-state index contributed by atoms with van der Waals surface area (Å²) in [4.78, 5) is 41.2. The summed E-state index contributed by atoms with van der Waals surface area (Å²) in [7, 11) is 0. The summed E-state index contributed by atoms with van der Waals surface area (Å²) in [5.41, 5.74) is 2.99. The van der Waals surface area contributed by atoms with Crippen LogP contribution >= 0.6 is 0 Å². The number of benzene rings is 2. The van der Waals surface area contributed by atoms with Gasteiger partial charge < -0.3 is 15.3 Å². The Bertz CT molecular complexity index is 1560. The number of aromatic nitrogens is 4. The van der Waals surface area contributed by atoms with Gasteiger partial charge in [-0.15, -0.1) is 0 Å². The number of pyridine rings is 2. The predicted molar refractivity (Wildman–Crippen MR) is 128 cm³/mol. The second-order valence-electron chi connectivity index (χ2n) is 8.73. The second-order valence-corrected chi connectivity index (χ2v) is 8.73. The monoisotopic (exact) mass is 437 g/mol. The second kappa shape index (κ2) is 7.85. The molecule has 1 fully saturated rings. The van der Waals surface area contributed by atoms with E-state index in [1.807, 2.05) is 24.3 Å². The van der Waals surface area contributed by atoms with E-state index < -0.39 is 0 Å². The van der Waals surface area contributed by atoms with E-state index in [1.165, 1.54) is 12.8 Å². The molecule has 33 heavy (non-hydrogen) atoms. The van der Waals surface area contributed by atoms with Crippen LogP contribution in [0.5, 0.6) is 0 Å². The largest absolute Gasteiger partial charge is 0.348 e. The van der Waals surface area contributed by atoms with Crippen LogP contribution in [0.15, 0.2) is 59.8 Å². The van der Waals surface area contributed by atoms with Gasteiger partial charge in [0.15, 0.2) is 0 Å². The fourth-order valence-electron chi connectivity index (χ4n) is 5.01. The number of nitrogens with zero attached hydrogens (tertiary/aromatic N) is 2. The van der Waals surface area contributed by atoms with Gasteiger partial charge in [-0.05, 0) is 48.1 Å². The van der Waals surface area contributed by atoms with Crippen LogP contribution in [0.3, 0.4) is 0 Å². The van der Waals surface area contributed by atoms with Gasteiger partial charge in [-0.1, -0.05) is 25.0 Å². The first-order valence-electron chi connectivity index (χ1n) is 11.3. The Kier molecular flexibility index (Phi) is 4.68. The number of hydrogen-bond acceptors (Lipinski definition) is 4. The van der Waals surface area contributed by atoms with E-state index in [1.54, 1.807) is 30.7 Å². The van der Waals surface area contributed by atoms with Crippen LogP contribution < -0.4 is 10.9 Å². The lowest BCUT2D eigenvalue weighted by Gasteiger charge is -2.09. The fraction of sp³-hybridized carbons (Fsp3) is 0.231. The molecule has 3 aromatic heterocycles. The molecular weight excluding hydrogens is 414 g/mol. The van der Waals surface area contributed by atoms with Crippen molar-refractivity contribution in [3.8, 4) is 0 Å². The topological polar surface area (TPSA) is 104 Å². The highest BCUT2D eigenvalue weighted by Gasteiger charge is 2.23. The number of aromatic amines is 2.